The molecule has 6 unspecified atom stereocenters. The third-order valence-corrected chi connectivity index (χ3v) is 9.60. The highest BCUT2D eigenvalue weighted by Gasteiger charge is 2.30. The highest BCUT2D eigenvalue weighted by molar-refractivity contribution is 5.37. The van der Waals surface area contributed by atoms with E-state index >= 15 is 0 Å². The van der Waals surface area contributed by atoms with Crippen LogP contribution in [0.4, 0.5) is 0 Å². The predicted octanol–water partition coefficient (Wildman–Crippen LogP) is 11.4. The van der Waals surface area contributed by atoms with E-state index < -0.39 is 0 Å². The van der Waals surface area contributed by atoms with Crippen molar-refractivity contribution in [1.29, 1.82) is 0 Å². The molecule has 2 aromatic rings. The number of ether oxygens (including phenoxy) is 1. The van der Waals surface area contributed by atoms with Crippen LogP contribution >= 0.6 is 0 Å². The van der Waals surface area contributed by atoms with Crippen LogP contribution < -0.4 is 4.74 Å². The van der Waals surface area contributed by atoms with E-state index in [0.717, 1.165) is 35.6 Å². The molecule has 0 aromatic carbocycles. The maximum Gasteiger partial charge on any atom is 0.221 e. The Balaban J connectivity index is 1.71. The number of hydrogen-bond acceptors (Lipinski definition) is 7. The summed E-state index contributed by atoms with van der Waals surface area (Å²) in [5.41, 5.74) is 6.28. The molecular formula is C36H52N6O. The first-order valence-electron chi connectivity index (χ1n) is 16.1. The molecule has 0 N–H and O–H groups in total. The molecule has 0 saturated carbocycles. The van der Waals surface area contributed by atoms with Crippen LogP contribution in [-0.2, 0) is 0 Å². The molecule has 6 atom stereocenters. The topological polar surface area (TPSA) is 84.5 Å². The van der Waals surface area contributed by atoms with Gasteiger partial charge < -0.3 is 4.74 Å². The minimum Gasteiger partial charge on any atom is -0.421 e. The summed E-state index contributed by atoms with van der Waals surface area (Å²) in [7, 11) is 0. The highest BCUT2D eigenvalue weighted by Crippen LogP contribution is 2.41. The van der Waals surface area contributed by atoms with Crippen LogP contribution in [0.15, 0.2) is 68.3 Å². The summed E-state index contributed by atoms with van der Waals surface area (Å²) in [4.78, 5) is 9.91. The van der Waals surface area contributed by atoms with E-state index in [0.29, 0.717) is 23.6 Å². The molecule has 2 aliphatic rings. The van der Waals surface area contributed by atoms with Crippen molar-refractivity contribution in [3.63, 3.8) is 0 Å². The molecule has 7 heteroatoms. The van der Waals surface area contributed by atoms with E-state index in [-0.39, 0.29) is 34.7 Å². The number of rotatable bonds is 10. The van der Waals surface area contributed by atoms with Gasteiger partial charge in [0.1, 0.15) is 12.1 Å². The van der Waals surface area contributed by atoms with Gasteiger partial charge in [0.2, 0.25) is 11.8 Å². The molecule has 232 valence electrons. The SMILES string of the molecule is CCC(C)c1cc(Oc2cc(C(C)CC)cc(C3C=C(C(C)C(C)(C)C)N=N3)n2)nc(C2C=C(C(C)C(C)(C)C)N=N2)c1. The van der Waals surface area contributed by atoms with Crippen LogP contribution in [-0.4, -0.2) is 9.97 Å². The molecule has 0 radical (unpaired) electrons. The van der Waals surface area contributed by atoms with Crippen molar-refractivity contribution in [3.8, 4) is 11.8 Å². The van der Waals surface area contributed by atoms with Crippen LogP contribution in [0.25, 0.3) is 0 Å². The van der Waals surface area contributed by atoms with Gasteiger partial charge in [-0.3, -0.25) is 0 Å². The van der Waals surface area contributed by atoms with Crippen LogP contribution in [0.2, 0.25) is 0 Å². The Labute approximate surface area is 259 Å². The first-order chi connectivity index (χ1) is 20.1. The molecule has 0 spiro atoms. The third-order valence-electron chi connectivity index (χ3n) is 9.60. The van der Waals surface area contributed by atoms with Crippen LogP contribution in [0.3, 0.4) is 0 Å². The molecule has 4 heterocycles. The molecule has 0 bridgehead atoms. The van der Waals surface area contributed by atoms with Crippen molar-refractivity contribution in [2.75, 3.05) is 0 Å². The van der Waals surface area contributed by atoms with Gasteiger partial charge in [0.15, 0.2) is 0 Å². The Morgan fingerprint density at radius 1 is 0.628 bits per heavy atom. The van der Waals surface area contributed by atoms with E-state index in [4.69, 9.17) is 14.7 Å². The summed E-state index contributed by atoms with van der Waals surface area (Å²) < 4.78 is 6.50. The van der Waals surface area contributed by atoms with Gasteiger partial charge in [0.25, 0.3) is 0 Å². The predicted molar refractivity (Wildman–Crippen MR) is 175 cm³/mol. The van der Waals surface area contributed by atoms with Crippen molar-refractivity contribution in [1.82, 2.24) is 9.97 Å². The van der Waals surface area contributed by atoms with Crippen molar-refractivity contribution >= 4 is 0 Å². The zero-order valence-electron chi connectivity index (χ0n) is 28.4. The molecule has 4 rings (SSSR count). The molecule has 0 aliphatic carbocycles. The largest absolute Gasteiger partial charge is 0.421 e. The molecule has 2 aliphatic heterocycles. The Kier molecular flexibility index (Phi) is 9.72. The maximum atomic E-state index is 6.50. The van der Waals surface area contributed by atoms with Gasteiger partial charge >= 0.3 is 0 Å². The van der Waals surface area contributed by atoms with E-state index in [2.05, 4.69) is 128 Å². The average molecular weight is 585 g/mol. The maximum absolute atomic E-state index is 6.50. The van der Waals surface area contributed by atoms with E-state index in [1.807, 2.05) is 12.1 Å². The second-order valence-electron chi connectivity index (χ2n) is 14.7. The lowest BCUT2D eigenvalue weighted by atomic mass is 9.80. The number of azo groups is 2. The van der Waals surface area contributed by atoms with E-state index in [1.165, 1.54) is 11.1 Å². The Morgan fingerprint density at radius 2 is 1.00 bits per heavy atom. The number of nitrogens with zero attached hydrogens (tertiary/aromatic N) is 6. The number of aromatic nitrogens is 2. The smallest absolute Gasteiger partial charge is 0.221 e. The monoisotopic (exact) mass is 584 g/mol. The van der Waals surface area contributed by atoms with Gasteiger partial charge in [0, 0.05) is 24.0 Å². The lowest BCUT2D eigenvalue weighted by molar-refractivity contribution is 0.298. The van der Waals surface area contributed by atoms with Crippen molar-refractivity contribution in [3.05, 3.63) is 70.3 Å². The highest BCUT2D eigenvalue weighted by atomic mass is 16.5. The van der Waals surface area contributed by atoms with Crippen LogP contribution in [0.5, 0.6) is 11.8 Å². The Bertz CT molecular complexity index is 1320. The van der Waals surface area contributed by atoms with Gasteiger partial charge in [-0.25, -0.2) is 9.97 Å². The minimum atomic E-state index is -0.228. The molecule has 0 amide bonds. The zero-order chi connectivity index (χ0) is 31.7. The molecule has 0 saturated heterocycles. The van der Waals surface area contributed by atoms with Gasteiger partial charge in [-0.1, -0.05) is 83.1 Å². The summed E-state index contributed by atoms with van der Waals surface area (Å²) in [6, 6.07) is 7.94. The molecular weight excluding hydrogens is 532 g/mol. The van der Waals surface area contributed by atoms with E-state index in [9.17, 15) is 0 Å². The fourth-order valence-electron chi connectivity index (χ4n) is 5.00. The zero-order valence-corrected chi connectivity index (χ0v) is 28.4. The van der Waals surface area contributed by atoms with Gasteiger partial charge in [-0.05, 0) is 70.9 Å². The van der Waals surface area contributed by atoms with Crippen LogP contribution in [0, 0.1) is 22.7 Å². The first kappa shape index (κ1) is 32.7. The molecule has 43 heavy (non-hydrogen) atoms. The lowest BCUT2D eigenvalue weighted by Crippen LogP contribution is -2.18. The normalized spacial score (nSPS) is 21.4. The number of pyridine rings is 2. The summed E-state index contributed by atoms with van der Waals surface area (Å²) in [5.74, 6) is 2.32. The van der Waals surface area contributed by atoms with Crippen molar-refractivity contribution < 1.29 is 4.74 Å². The quantitative estimate of drug-likeness (QED) is 0.278. The van der Waals surface area contributed by atoms with Crippen LogP contribution in [0.1, 0.15) is 142 Å². The number of hydrogen-bond donors (Lipinski definition) is 0. The summed E-state index contributed by atoms with van der Waals surface area (Å²) in [6.07, 6.45) is 6.32. The number of allylic oxidation sites excluding steroid dienone is 2. The second kappa shape index (κ2) is 12.8. The Morgan fingerprint density at radius 3 is 1.33 bits per heavy atom. The summed E-state index contributed by atoms with van der Waals surface area (Å²) in [6.45, 7) is 26.7. The van der Waals surface area contributed by atoms with Gasteiger partial charge in [-0.15, -0.1) is 0 Å². The third kappa shape index (κ3) is 7.66. The fraction of sp³-hybridized carbons (Fsp3) is 0.611. The lowest BCUT2D eigenvalue weighted by Gasteiger charge is -2.26. The molecule has 7 nitrogen and oxygen atoms in total. The van der Waals surface area contributed by atoms with Gasteiger partial charge in [0.05, 0.1) is 22.8 Å². The fourth-order valence-corrected chi connectivity index (χ4v) is 5.00. The van der Waals surface area contributed by atoms with E-state index in [1.54, 1.807) is 0 Å². The molecule has 2 aromatic heterocycles. The standard InChI is InChI=1S/C36H52N6O/c1-13-21(3)25-15-29(31-19-27(39-41-31)23(5)35(7,8)9)37-33(17-25)43-34-18-26(22(4)14-2)16-30(38-34)32-20-28(40-42-32)24(6)36(10,11)12/h15-24,31-32H,13-14H2,1-12H3. The van der Waals surface area contributed by atoms with Crippen molar-refractivity contribution in [2.24, 2.45) is 43.1 Å². The molecule has 0 fully saturated rings. The minimum absolute atomic E-state index is 0.101. The second-order valence-corrected chi connectivity index (χ2v) is 14.7. The van der Waals surface area contributed by atoms with Gasteiger partial charge in [-0.2, -0.15) is 20.5 Å². The first-order valence-corrected chi connectivity index (χ1v) is 16.1. The summed E-state index contributed by atoms with van der Waals surface area (Å²) in [5, 5.41) is 18.4. The Hall–Kier alpha value is -3.22. The average Bonchev–Trinajstić information content (AvgIpc) is 3.65. The summed E-state index contributed by atoms with van der Waals surface area (Å²) >= 11 is 0. The van der Waals surface area contributed by atoms with Crippen molar-refractivity contribution in [2.45, 2.75) is 120 Å².